The van der Waals surface area contributed by atoms with Crippen LogP contribution in [-0.2, 0) is 21.4 Å². The summed E-state index contributed by atoms with van der Waals surface area (Å²) in [5.41, 5.74) is 3.00. The highest BCUT2D eigenvalue weighted by molar-refractivity contribution is 7.89. The summed E-state index contributed by atoms with van der Waals surface area (Å²) in [5, 5.41) is 5.25. The lowest BCUT2D eigenvalue weighted by Gasteiger charge is -2.13. The van der Waals surface area contributed by atoms with E-state index in [0.717, 1.165) is 11.1 Å². The molecule has 0 saturated carbocycles. The number of benzene rings is 3. The molecule has 8 nitrogen and oxygen atoms in total. The predicted molar refractivity (Wildman–Crippen MR) is 130 cm³/mol. The Kier molecular flexibility index (Phi) is 8.04. The third-order valence-electron chi connectivity index (χ3n) is 5.11. The summed E-state index contributed by atoms with van der Waals surface area (Å²) in [6, 6.07) is 18.8. The predicted octanol–water partition coefficient (Wildman–Crippen LogP) is 3.16. The molecule has 0 aromatic heterocycles. The number of nitrogens with one attached hydrogen (secondary N) is 3. The van der Waals surface area contributed by atoms with E-state index < -0.39 is 21.8 Å². The van der Waals surface area contributed by atoms with E-state index in [-0.39, 0.29) is 23.5 Å². The quantitative estimate of drug-likeness (QED) is 0.435. The van der Waals surface area contributed by atoms with E-state index in [2.05, 4.69) is 15.4 Å². The molecule has 0 atom stereocenters. The van der Waals surface area contributed by atoms with Crippen LogP contribution < -0.4 is 20.1 Å². The number of hydrogen-bond acceptors (Lipinski definition) is 5. The van der Waals surface area contributed by atoms with Gasteiger partial charge in [-0.3, -0.25) is 9.59 Å². The standard InChI is InChI=1S/C25H27N3O5S/c1-17-9-12-23(33-3)22(13-17)28-24(29)16-26-25(30)21-14-20(11-10-18(21)2)34(31,32)27-15-19-7-5-4-6-8-19/h4-14,27H,15-16H2,1-3H3,(H,26,30)(H,28,29). The lowest BCUT2D eigenvalue weighted by atomic mass is 10.1. The first-order chi connectivity index (χ1) is 16.2. The maximum absolute atomic E-state index is 12.7. The van der Waals surface area contributed by atoms with E-state index in [1.807, 2.05) is 43.3 Å². The topological polar surface area (TPSA) is 114 Å². The maximum Gasteiger partial charge on any atom is 0.252 e. The minimum Gasteiger partial charge on any atom is -0.495 e. The first kappa shape index (κ1) is 24.9. The number of ether oxygens (including phenoxy) is 1. The monoisotopic (exact) mass is 481 g/mol. The number of carbonyl (C=O) groups is 2. The maximum atomic E-state index is 12.7. The van der Waals surface area contributed by atoms with Crippen LogP contribution in [-0.4, -0.2) is 33.9 Å². The normalized spacial score (nSPS) is 11.0. The zero-order valence-corrected chi connectivity index (χ0v) is 20.0. The van der Waals surface area contributed by atoms with Gasteiger partial charge in [0.05, 0.1) is 24.2 Å². The molecule has 0 radical (unpaired) electrons. The summed E-state index contributed by atoms with van der Waals surface area (Å²) < 4.78 is 33.2. The van der Waals surface area contributed by atoms with Crippen LogP contribution in [0.15, 0.2) is 71.6 Å². The minimum absolute atomic E-state index is 0.0341. The molecule has 9 heteroatoms. The smallest absolute Gasteiger partial charge is 0.252 e. The summed E-state index contributed by atoms with van der Waals surface area (Å²) in [7, 11) is -2.34. The third kappa shape index (κ3) is 6.43. The Morgan fingerprint density at radius 2 is 1.68 bits per heavy atom. The number of sulfonamides is 1. The zero-order chi connectivity index (χ0) is 24.7. The molecule has 0 aliphatic rings. The molecule has 0 unspecified atom stereocenters. The Hall–Kier alpha value is -3.69. The van der Waals surface area contributed by atoms with Crippen molar-refractivity contribution in [3.63, 3.8) is 0 Å². The molecule has 0 heterocycles. The number of aryl methyl sites for hydroxylation is 2. The third-order valence-corrected chi connectivity index (χ3v) is 6.51. The van der Waals surface area contributed by atoms with Gasteiger partial charge < -0.3 is 15.4 Å². The van der Waals surface area contributed by atoms with Gasteiger partial charge in [0.15, 0.2) is 0 Å². The molecular formula is C25H27N3O5S. The molecule has 178 valence electrons. The molecule has 3 rings (SSSR count). The van der Waals surface area contributed by atoms with Crippen LogP contribution in [0.2, 0.25) is 0 Å². The van der Waals surface area contributed by atoms with Crippen LogP contribution in [0.1, 0.15) is 27.0 Å². The molecule has 0 spiro atoms. The fourth-order valence-corrected chi connectivity index (χ4v) is 4.28. The highest BCUT2D eigenvalue weighted by Gasteiger charge is 2.19. The van der Waals surface area contributed by atoms with Gasteiger partial charge in [-0.15, -0.1) is 0 Å². The Balaban J connectivity index is 1.66. The average Bonchev–Trinajstić information content (AvgIpc) is 2.82. The molecule has 0 aliphatic heterocycles. The van der Waals surface area contributed by atoms with Crippen molar-refractivity contribution in [2.24, 2.45) is 0 Å². The first-order valence-corrected chi connectivity index (χ1v) is 12.0. The zero-order valence-electron chi connectivity index (χ0n) is 19.2. The number of anilines is 1. The van der Waals surface area contributed by atoms with Gasteiger partial charge in [-0.1, -0.05) is 42.5 Å². The summed E-state index contributed by atoms with van der Waals surface area (Å²) in [4.78, 5) is 25.1. The second-order valence-corrected chi connectivity index (χ2v) is 9.49. The Morgan fingerprint density at radius 1 is 0.941 bits per heavy atom. The minimum atomic E-state index is -3.84. The number of methoxy groups -OCH3 is 1. The van der Waals surface area contributed by atoms with Crippen LogP contribution >= 0.6 is 0 Å². The number of rotatable bonds is 9. The Labute approximate surface area is 199 Å². The van der Waals surface area contributed by atoms with Crippen molar-refractivity contribution in [3.05, 3.63) is 89.0 Å². The van der Waals surface area contributed by atoms with Gasteiger partial charge in [-0.25, -0.2) is 13.1 Å². The number of amides is 2. The van der Waals surface area contributed by atoms with E-state index >= 15 is 0 Å². The van der Waals surface area contributed by atoms with Gasteiger partial charge in [-0.05, 0) is 54.8 Å². The van der Waals surface area contributed by atoms with Gasteiger partial charge >= 0.3 is 0 Å². The van der Waals surface area contributed by atoms with Crippen LogP contribution in [0.5, 0.6) is 5.75 Å². The molecule has 0 fully saturated rings. The van der Waals surface area contributed by atoms with E-state index in [9.17, 15) is 18.0 Å². The SMILES string of the molecule is COc1ccc(C)cc1NC(=O)CNC(=O)c1cc(S(=O)(=O)NCc2ccccc2)ccc1C. The van der Waals surface area contributed by atoms with Gasteiger partial charge in [0, 0.05) is 12.1 Å². The summed E-state index contributed by atoms with van der Waals surface area (Å²) in [6.45, 7) is 3.41. The van der Waals surface area contributed by atoms with E-state index in [4.69, 9.17) is 4.74 Å². The largest absolute Gasteiger partial charge is 0.495 e. The van der Waals surface area contributed by atoms with E-state index in [0.29, 0.717) is 17.0 Å². The molecule has 0 saturated heterocycles. The summed E-state index contributed by atoms with van der Waals surface area (Å²) in [6.07, 6.45) is 0. The van der Waals surface area contributed by atoms with Crippen molar-refractivity contribution in [2.45, 2.75) is 25.3 Å². The van der Waals surface area contributed by atoms with Gasteiger partial charge in [0.25, 0.3) is 5.91 Å². The van der Waals surface area contributed by atoms with E-state index in [1.54, 1.807) is 25.1 Å². The first-order valence-electron chi connectivity index (χ1n) is 10.6. The van der Waals surface area contributed by atoms with Crippen LogP contribution in [0, 0.1) is 13.8 Å². The highest BCUT2D eigenvalue weighted by Crippen LogP contribution is 2.25. The number of hydrogen-bond donors (Lipinski definition) is 3. The second kappa shape index (κ2) is 11.0. The summed E-state index contributed by atoms with van der Waals surface area (Å²) in [5.74, 6) is -0.491. The van der Waals surface area contributed by atoms with Crippen molar-refractivity contribution in [3.8, 4) is 5.75 Å². The van der Waals surface area contributed by atoms with Crippen molar-refractivity contribution in [2.75, 3.05) is 19.0 Å². The van der Waals surface area contributed by atoms with Crippen LogP contribution in [0.25, 0.3) is 0 Å². The van der Waals surface area contributed by atoms with E-state index in [1.165, 1.54) is 19.2 Å². The lowest BCUT2D eigenvalue weighted by molar-refractivity contribution is -0.115. The van der Waals surface area contributed by atoms with Gasteiger partial charge in [0.1, 0.15) is 5.75 Å². The molecular weight excluding hydrogens is 454 g/mol. The van der Waals surface area contributed by atoms with Crippen molar-refractivity contribution in [1.29, 1.82) is 0 Å². The highest BCUT2D eigenvalue weighted by atomic mass is 32.2. The molecule has 3 aromatic rings. The molecule has 3 N–H and O–H groups in total. The fraction of sp³-hybridized carbons (Fsp3) is 0.200. The summed E-state index contributed by atoms with van der Waals surface area (Å²) >= 11 is 0. The molecule has 3 aromatic carbocycles. The Bertz CT molecular complexity index is 1290. The number of carbonyl (C=O) groups excluding carboxylic acids is 2. The molecule has 2 amide bonds. The van der Waals surface area contributed by atoms with Gasteiger partial charge in [-0.2, -0.15) is 0 Å². The molecule has 34 heavy (non-hydrogen) atoms. The Morgan fingerprint density at radius 3 is 2.38 bits per heavy atom. The van der Waals surface area contributed by atoms with Crippen LogP contribution in [0.4, 0.5) is 5.69 Å². The van der Waals surface area contributed by atoms with Crippen molar-refractivity contribution in [1.82, 2.24) is 10.0 Å². The van der Waals surface area contributed by atoms with Crippen molar-refractivity contribution >= 4 is 27.5 Å². The average molecular weight is 482 g/mol. The van der Waals surface area contributed by atoms with Gasteiger partial charge in [0.2, 0.25) is 15.9 Å². The molecule has 0 aliphatic carbocycles. The van der Waals surface area contributed by atoms with Crippen molar-refractivity contribution < 1.29 is 22.7 Å². The fourth-order valence-electron chi connectivity index (χ4n) is 3.24. The van der Waals surface area contributed by atoms with Crippen LogP contribution in [0.3, 0.4) is 0 Å². The molecule has 0 bridgehead atoms. The second-order valence-electron chi connectivity index (χ2n) is 7.72. The lowest BCUT2D eigenvalue weighted by Crippen LogP contribution is -2.33.